The molecule has 0 spiro atoms. The fraction of sp³-hybridized carbons (Fsp3) is 0.316. The molecule has 0 bridgehead atoms. The second-order valence-corrected chi connectivity index (χ2v) is 6.35. The number of benzene rings is 1. The van der Waals surface area contributed by atoms with Gasteiger partial charge in [-0.15, -0.1) is 0 Å². The molecule has 2 aromatic rings. The van der Waals surface area contributed by atoms with E-state index in [0.717, 1.165) is 31.7 Å². The van der Waals surface area contributed by atoms with Crippen LogP contribution in [-0.4, -0.2) is 53.9 Å². The lowest BCUT2D eigenvalue weighted by molar-refractivity contribution is 0.0664. The molecule has 0 saturated carbocycles. The van der Waals surface area contributed by atoms with E-state index >= 15 is 0 Å². The van der Waals surface area contributed by atoms with Crippen molar-refractivity contribution in [1.29, 1.82) is 5.26 Å². The Morgan fingerprint density at radius 2 is 1.80 bits per heavy atom. The molecule has 1 aliphatic heterocycles. The number of aromatic nitrogens is 1. The van der Waals surface area contributed by atoms with Crippen molar-refractivity contribution in [2.75, 3.05) is 33.2 Å². The number of pyridine rings is 1. The smallest absolute Gasteiger partial charge is 0.266 e. The van der Waals surface area contributed by atoms with E-state index in [4.69, 9.17) is 0 Å². The van der Waals surface area contributed by atoms with Crippen LogP contribution in [0.4, 0.5) is 0 Å². The maximum absolute atomic E-state index is 12.6. The summed E-state index contributed by atoms with van der Waals surface area (Å²) in [6.07, 6.45) is 0. The minimum atomic E-state index is -0.393. The fourth-order valence-electron chi connectivity index (χ4n) is 3.01. The standard InChI is InChI=1S/C19H20N4O2/c1-13-11-16(17(12-20)18(24)21-13)14-3-5-15(6-4-14)19(25)23-9-7-22(2)8-10-23/h3-6,11H,7-10H2,1-2H3,(H,21,24). The van der Waals surface area contributed by atoms with Crippen LogP contribution in [0.2, 0.25) is 0 Å². The van der Waals surface area contributed by atoms with Crippen LogP contribution >= 0.6 is 0 Å². The predicted molar refractivity (Wildman–Crippen MR) is 95.4 cm³/mol. The molecule has 1 aromatic heterocycles. The van der Waals surface area contributed by atoms with Gasteiger partial charge in [0, 0.05) is 43.0 Å². The maximum atomic E-state index is 12.6. The van der Waals surface area contributed by atoms with Crippen LogP contribution in [0.15, 0.2) is 35.1 Å². The highest BCUT2D eigenvalue weighted by molar-refractivity contribution is 5.95. The number of hydrogen-bond acceptors (Lipinski definition) is 4. The molecular formula is C19H20N4O2. The Morgan fingerprint density at radius 1 is 1.16 bits per heavy atom. The molecule has 2 heterocycles. The van der Waals surface area contributed by atoms with Crippen LogP contribution in [0.3, 0.4) is 0 Å². The molecule has 0 aliphatic carbocycles. The average molecular weight is 336 g/mol. The summed E-state index contributed by atoms with van der Waals surface area (Å²) >= 11 is 0. The van der Waals surface area contributed by atoms with E-state index in [1.54, 1.807) is 37.3 Å². The van der Waals surface area contributed by atoms with Crippen LogP contribution in [0.5, 0.6) is 0 Å². The lowest BCUT2D eigenvalue weighted by Gasteiger charge is -2.32. The van der Waals surface area contributed by atoms with E-state index in [9.17, 15) is 14.9 Å². The third kappa shape index (κ3) is 3.47. The summed E-state index contributed by atoms with van der Waals surface area (Å²) in [5, 5.41) is 9.25. The molecule has 1 aromatic carbocycles. The number of nitrogens with zero attached hydrogens (tertiary/aromatic N) is 3. The zero-order valence-corrected chi connectivity index (χ0v) is 14.4. The number of aryl methyl sites for hydroxylation is 1. The van der Waals surface area contributed by atoms with E-state index in [0.29, 0.717) is 16.8 Å². The molecule has 1 fully saturated rings. The molecule has 3 rings (SSSR count). The highest BCUT2D eigenvalue weighted by Crippen LogP contribution is 2.23. The van der Waals surface area contributed by atoms with Gasteiger partial charge in [0.05, 0.1) is 0 Å². The minimum Gasteiger partial charge on any atom is -0.336 e. The number of hydrogen-bond donors (Lipinski definition) is 1. The summed E-state index contributed by atoms with van der Waals surface area (Å²) in [4.78, 5) is 31.2. The van der Waals surface area contributed by atoms with Gasteiger partial charge in [-0.3, -0.25) is 9.59 Å². The minimum absolute atomic E-state index is 0.0160. The molecule has 6 heteroatoms. The monoisotopic (exact) mass is 336 g/mol. The van der Waals surface area contributed by atoms with Gasteiger partial charge in [-0.25, -0.2) is 0 Å². The third-order valence-corrected chi connectivity index (χ3v) is 4.51. The number of carbonyl (C=O) groups excluding carboxylic acids is 1. The van der Waals surface area contributed by atoms with Gasteiger partial charge in [0.15, 0.2) is 0 Å². The number of nitrogens with one attached hydrogen (secondary N) is 1. The summed E-state index contributed by atoms with van der Waals surface area (Å²) in [5.41, 5.74) is 2.34. The largest absolute Gasteiger partial charge is 0.336 e. The van der Waals surface area contributed by atoms with Gasteiger partial charge in [-0.2, -0.15) is 5.26 Å². The van der Waals surface area contributed by atoms with Crippen LogP contribution in [0.1, 0.15) is 21.6 Å². The Balaban J connectivity index is 1.87. The number of rotatable bonds is 2. The van der Waals surface area contributed by atoms with Crippen molar-refractivity contribution in [1.82, 2.24) is 14.8 Å². The van der Waals surface area contributed by atoms with Crippen LogP contribution < -0.4 is 5.56 Å². The van der Waals surface area contributed by atoms with Crippen molar-refractivity contribution >= 4 is 5.91 Å². The molecule has 25 heavy (non-hydrogen) atoms. The van der Waals surface area contributed by atoms with Crippen molar-refractivity contribution in [2.24, 2.45) is 0 Å². The van der Waals surface area contributed by atoms with E-state index in [2.05, 4.69) is 9.88 Å². The molecule has 0 atom stereocenters. The molecule has 0 unspecified atom stereocenters. The van der Waals surface area contributed by atoms with Crippen LogP contribution in [0, 0.1) is 18.3 Å². The maximum Gasteiger partial charge on any atom is 0.266 e. The zero-order chi connectivity index (χ0) is 18.0. The van der Waals surface area contributed by atoms with Crippen molar-refractivity contribution in [3.8, 4) is 17.2 Å². The lowest BCUT2D eigenvalue weighted by Crippen LogP contribution is -2.47. The third-order valence-electron chi connectivity index (χ3n) is 4.51. The Morgan fingerprint density at radius 3 is 2.40 bits per heavy atom. The van der Waals surface area contributed by atoms with Crippen molar-refractivity contribution in [2.45, 2.75) is 6.92 Å². The normalized spacial score (nSPS) is 15.0. The van der Waals surface area contributed by atoms with Gasteiger partial charge in [0.2, 0.25) is 0 Å². The SMILES string of the molecule is Cc1cc(-c2ccc(C(=O)N3CCN(C)CC3)cc2)c(C#N)c(=O)[nH]1. The molecule has 6 nitrogen and oxygen atoms in total. The number of H-pyrrole nitrogens is 1. The molecule has 1 amide bonds. The second-order valence-electron chi connectivity index (χ2n) is 6.35. The van der Waals surface area contributed by atoms with E-state index < -0.39 is 5.56 Å². The molecule has 128 valence electrons. The van der Waals surface area contributed by atoms with E-state index in [1.165, 1.54) is 0 Å². The zero-order valence-electron chi connectivity index (χ0n) is 14.4. The molecule has 1 aliphatic rings. The molecule has 0 radical (unpaired) electrons. The number of aromatic amines is 1. The second kappa shape index (κ2) is 6.91. The van der Waals surface area contributed by atoms with E-state index in [1.807, 2.05) is 18.0 Å². The quantitative estimate of drug-likeness (QED) is 0.903. The first-order chi connectivity index (χ1) is 12.0. The predicted octanol–water partition coefficient (Wildman–Crippen LogP) is 1.61. The summed E-state index contributed by atoms with van der Waals surface area (Å²) in [5.74, 6) is 0.0160. The fourth-order valence-corrected chi connectivity index (χ4v) is 3.01. The Labute approximate surface area is 146 Å². The summed E-state index contributed by atoms with van der Waals surface area (Å²) in [6.45, 7) is 4.98. The van der Waals surface area contributed by atoms with Crippen molar-refractivity contribution in [3.63, 3.8) is 0 Å². The highest BCUT2D eigenvalue weighted by atomic mass is 16.2. The average Bonchev–Trinajstić information content (AvgIpc) is 2.61. The number of nitriles is 1. The number of carbonyl (C=O) groups is 1. The first kappa shape index (κ1) is 16.9. The summed E-state index contributed by atoms with van der Waals surface area (Å²) in [6, 6.07) is 10.8. The van der Waals surface area contributed by atoms with Gasteiger partial charge in [0.1, 0.15) is 11.6 Å². The molecular weight excluding hydrogens is 316 g/mol. The summed E-state index contributed by atoms with van der Waals surface area (Å²) < 4.78 is 0. The summed E-state index contributed by atoms with van der Waals surface area (Å²) in [7, 11) is 2.05. The number of piperazine rings is 1. The van der Waals surface area contributed by atoms with Gasteiger partial charge < -0.3 is 14.8 Å². The van der Waals surface area contributed by atoms with Crippen molar-refractivity contribution < 1.29 is 4.79 Å². The molecule has 1 saturated heterocycles. The van der Waals surface area contributed by atoms with Crippen LogP contribution in [0.25, 0.3) is 11.1 Å². The lowest BCUT2D eigenvalue weighted by atomic mass is 9.99. The first-order valence-electron chi connectivity index (χ1n) is 8.22. The van der Waals surface area contributed by atoms with Gasteiger partial charge in [-0.1, -0.05) is 12.1 Å². The topological polar surface area (TPSA) is 80.2 Å². The van der Waals surface area contributed by atoms with Gasteiger partial charge in [0.25, 0.3) is 11.5 Å². The van der Waals surface area contributed by atoms with Gasteiger partial charge in [-0.05, 0) is 37.7 Å². The highest BCUT2D eigenvalue weighted by Gasteiger charge is 2.20. The Kier molecular flexibility index (Phi) is 4.68. The Hall–Kier alpha value is -2.91. The molecule has 1 N–H and O–H groups in total. The van der Waals surface area contributed by atoms with Crippen molar-refractivity contribution in [3.05, 3.63) is 57.5 Å². The number of likely N-dealkylation sites (N-methyl/N-ethyl adjacent to an activating group) is 1. The Bertz CT molecular complexity index is 885. The van der Waals surface area contributed by atoms with Crippen LogP contribution in [-0.2, 0) is 0 Å². The number of amides is 1. The van der Waals surface area contributed by atoms with E-state index in [-0.39, 0.29) is 11.5 Å². The van der Waals surface area contributed by atoms with Gasteiger partial charge >= 0.3 is 0 Å². The first-order valence-corrected chi connectivity index (χ1v) is 8.22.